The third-order valence-electron chi connectivity index (χ3n) is 1.86. The number of rotatable bonds is 6. The zero-order chi connectivity index (χ0) is 12.1. The monoisotopic (exact) mass is 301 g/mol. The SMILES string of the molecule is COCC(Br)CNC(=O)C(C)S(C)(=O)=O. The maximum Gasteiger partial charge on any atom is 0.238 e. The zero-order valence-electron chi connectivity index (χ0n) is 8.99. The number of hydrogen-bond donors (Lipinski definition) is 1. The Labute approximate surface area is 98.6 Å². The van der Waals surface area contributed by atoms with Crippen LogP contribution in [0.2, 0.25) is 0 Å². The first-order valence-corrected chi connectivity index (χ1v) is 7.25. The van der Waals surface area contributed by atoms with E-state index in [1.165, 1.54) is 6.92 Å². The molecule has 2 atom stereocenters. The van der Waals surface area contributed by atoms with Gasteiger partial charge in [-0.2, -0.15) is 0 Å². The van der Waals surface area contributed by atoms with Crippen molar-refractivity contribution in [3.63, 3.8) is 0 Å². The van der Waals surface area contributed by atoms with Gasteiger partial charge in [-0.25, -0.2) is 8.42 Å². The lowest BCUT2D eigenvalue weighted by atomic mass is 10.4. The van der Waals surface area contributed by atoms with Gasteiger partial charge in [0.05, 0.1) is 11.4 Å². The number of hydrogen-bond acceptors (Lipinski definition) is 4. The van der Waals surface area contributed by atoms with Crippen LogP contribution in [0, 0.1) is 0 Å². The second kappa shape index (κ2) is 6.44. The van der Waals surface area contributed by atoms with Gasteiger partial charge in [-0.3, -0.25) is 4.79 Å². The molecule has 0 spiro atoms. The summed E-state index contributed by atoms with van der Waals surface area (Å²) in [5, 5.41) is 1.51. The Morgan fingerprint density at radius 1 is 1.53 bits per heavy atom. The van der Waals surface area contributed by atoms with Crippen LogP contribution in [0.15, 0.2) is 0 Å². The summed E-state index contributed by atoms with van der Waals surface area (Å²) in [5.74, 6) is -0.488. The van der Waals surface area contributed by atoms with Crippen molar-refractivity contribution in [2.45, 2.75) is 17.0 Å². The van der Waals surface area contributed by atoms with E-state index in [1.807, 2.05) is 0 Å². The third kappa shape index (κ3) is 6.11. The molecule has 0 saturated heterocycles. The van der Waals surface area contributed by atoms with Gasteiger partial charge < -0.3 is 10.1 Å². The molecule has 90 valence electrons. The lowest BCUT2D eigenvalue weighted by molar-refractivity contribution is -0.120. The van der Waals surface area contributed by atoms with Gasteiger partial charge in [0.15, 0.2) is 9.84 Å². The quantitative estimate of drug-likeness (QED) is 0.698. The average molecular weight is 302 g/mol. The molecule has 1 amide bonds. The van der Waals surface area contributed by atoms with E-state index in [2.05, 4.69) is 21.2 Å². The molecular weight excluding hydrogens is 286 g/mol. The van der Waals surface area contributed by atoms with Crippen molar-refractivity contribution in [2.75, 3.05) is 26.5 Å². The number of carbonyl (C=O) groups is 1. The molecule has 0 fully saturated rings. The second-order valence-corrected chi connectivity index (χ2v) is 6.93. The van der Waals surface area contributed by atoms with Gasteiger partial charge in [0.2, 0.25) is 5.91 Å². The molecule has 0 bridgehead atoms. The lowest BCUT2D eigenvalue weighted by Crippen LogP contribution is -2.40. The fourth-order valence-electron chi connectivity index (χ4n) is 0.789. The molecule has 0 aromatic rings. The van der Waals surface area contributed by atoms with Gasteiger partial charge in [-0.05, 0) is 6.92 Å². The minimum Gasteiger partial charge on any atom is -0.383 e. The van der Waals surface area contributed by atoms with E-state index in [1.54, 1.807) is 7.11 Å². The first kappa shape index (κ1) is 14.9. The van der Waals surface area contributed by atoms with Crippen molar-refractivity contribution in [1.82, 2.24) is 5.32 Å². The number of amides is 1. The normalized spacial score (nSPS) is 15.7. The Kier molecular flexibility index (Phi) is 6.38. The van der Waals surface area contributed by atoms with Crippen molar-refractivity contribution in [1.29, 1.82) is 0 Å². The predicted molar refractivity (Wildman–Crippen MR) is 61.9 cm³/mol. The van der Waals surface area contributed by atoms with Gasteiger partial charge in [-0.15, -0.1) is 0 Å². The fourth-order valence-corrected chi connectivity index (χ4v) is 1.69. The van der Waals surface area contributed by atoms with Crippen molar-refractivity contribution < 1.29 is 17.9 Å². The summed E-state index contributed by atoms with van der Waals surface area (Å²) >= 11 is 3.28. The van der Waals surface area contributed by atoms with Gasteiger partial charge in [0.1, 0.15) is 5.25 Å². The molecule has 0 saturated carbocycles. The lowest BCUT2D eigenvalue weighted by Gasteiger charge is -2.13. The van der Waals surface area contributed by atoms with Crippen molar-refractivity contribution in [3.8, 4) is 0 Å². The molecule has 0 aliphatic carbocycles. The third-order valence-corrected chi connectivity index (χ3v) is 3.94. The van der Waals surface area contributed by atoms with Crippen LogP contribution < -0.4 is 5.32 Å². The molecule has 0 heterocycles. The molecule has 0 radical (unpaired) electrons. The van der Waals surface area contributed by atoms with Crippen LogP contribution in [-0.2, 0) is 19.4 Å². The van der Waals surface area contributed by atoms with E-state index >= 15 is 0 Å². The average Bonchev–Trinajstić information content (AvgIpc) is 2.12. The number of sulfone groups is 1. The van der Waals surface area contributed by atoms with E-state index in [9.17, 15) is 13.2 Å². The number of alkyl halides is 1. The number of ether oxygens (including phenoxy) is 1. The molecule has 0 aliphatic heterocycles. The Bertz CT molecular complexity index is 304. The molecule has 0 aliphatic rings. The van der Waals surface area contributed by atoms with Crippen LogP contribution in [0.25, 0.3) is 0 Å². The molecule has 5 nitrogen and oxygen atoms in total. The van der Waals surface area contributed by atoms with Crippen LogP contribution in [0.3, 0.4) is 0 Å². The summed E-state index contributed by atoms with van der Waals surface area (Å²) < 4.78 is 26.9. The summed E-state index contributed by atoms with van der Waals surface area (Å²) in [7, 11) is -1.77. The predicted octanol–water partition coefficient (Wildman–Crippen LogP) is -0.0544. The van der Waals surface area contributed by atoms with Crippen molar-refractivity contribution in [2.24, 2.45) is 0 Å². The Morgan fingerprint density at radius 3 is 2.47 bits per heavy atom. The van der Waals surface area contributed by atoms with Gasteiger partial charge >= 0.3 is 0 Å². The molecule has 0 rings (SSSR count). The van der Waals surface area contributed by atoms with Crippen LogP contribution >= 0.6 is 15.9 Å². The highest BCUT2D eigenvalue weighted by molar-refractivity contribution is 9.09. The largest absolute Gasteiger partial charge is 0.383 e. The second-order valence-electron chi connectivity index (χ2n) is 3.27. The summed E-state index contributed by atoms with van der Waals surface area (Å²) in [6.07, 6.45) is 1.04. The maximum atomic E-state index is 11.3. The highest BCUT2D eigenvalue weighted by Gasteiger charge is 2.23. The number of carbonyl (C=O) groups excluding carboxylic acids is 1. The smallest absolute Gasteiger partial charge is 0.238 e. The number of nitrogens with one attached hydrogen (secondary N) is 1. The summed E-state index contributed by atoms with van der Waals surface area (Å²) in [4.78, 5) is 11.3. The Morgan fingerprint density at radius 2 is 2.07 bits per heavy atom. The van der Waals surface area contributed by atoms with E-state index in [-0.39, 0.29) is 4.83 Å². The Hall–Kier alpha value is -0.140. The first-order chi connectivity index (χ1) is 6.79. The van der Waals surface area contributed by atoms with Crippen molar-refractivity contribution >= 4 is 31.7 Å². The van der Waals surface area contributed by atoms with Crippen LogP contribution in [0.4, 0.5) is 0 Å². The van der Waals surface area contributed by atoms with E-state index in [0.29, 0.717) is 13.2 Å². The topological polar surface area (TPSA) is 72.5 Å². The summed E-state index contributed by atoms with van der Waals surface area (Å²) in [5.41, 5.74) is 0. The van der Waals surface area contributed by atoms with Crippen molar-refractivity contribution in [3.05, 3.63) is 0 Å². The summed E-state index contributed by atoms with van der Waals surface area (Å²) in [6, 6.07) is 0. The van der Waals surface area contributed by atoms with E-state index < -0.39 is 21.0 Å². The molecule has 0 aromatic heterocycles. The summed E-state index contributed by atoms with van der Waals surface area (Å²) in [6.45, 7) is 2.16. The number of methoxy groups -OCH3 is 1. The zero-order valence-corrected chi connectivity index (χ0v) is 11.4. The van der Waals surface area contributed by atoms with E-state index in [4.69, 9.17) is 4.74 Å². The van der Waals surface area contributed by atoms with Gasteiger partial charge in [0.25, 0.3) is 0 Å². The standard InChI is InChI=1S/C8H16BrNO4S/c1-6(15(3,12)13)8(11)10-4-7(9)5-14-2/h6-7H,4-5H2,1-3H3,(H,10,11). The highest BCUT2D eigenvalue weighted by atomic mass is 79.9. The maximum absolute atomic E-state index is 11.3. The van der Waals surface area contributed by atoms with Gasteiger partial charge in [0, 0.05) is 19.9 Å². The minimum absolute atomic E-state index is 0.0155. The van der Waals surface area contributed by atoms with Crippen LogP contribution in [0.5, 0.6) is 0 Å². The van der Waals surface area contributed by atoms with Gasteiger partial charge in [-0.1, -0.05) is 15.9 Å². The first-order valence-electron chi connectivity index (χ1n) is 4.38. The van der Waals surface area contributed by atoms with Crippen LogP contribution in [0.1, 0.15) is 6.92 Å². The Balaban J connectivity index is 4.05. The fraction of sp³-hybridized carbons (Fsp3) is 0.875. The van der Waals surface area contributed by atoms with E-state index in [0.717, 1.165) is 6.26 Å². The molecule has 0 aromatic carbocycles. The minimum atomic E-state index is -3.32. The molecule has 2 unspecified atom stereocenters. The highest BCUT2D eigenvalue weighted by Crippen LogP contribution is 2.00. The molecule has 15 heavy (non-hydrogen) atoms. The number of halogens is 1. The van der Waals surface area contributed by atoms with Crippen LogP contribution in [-0.4, -0.2) is 50.9 Å². The molecule has 1 N–H and O–H groups in total. The molecule has 7 heteroatoms. The molecular formula is C8H16BrNO4S.